The van der Waals surface area contributed by atoms with Crippen LogP contribution in [-0.2, 0) is 0 Å². The molecule has 0 bridgehead atoms. The van der Waals surface area contributed by atoms with Crippen LogP contribution >= 0.6 is 0 Å². The number of hydrazine groups is 1. The summed E-state index contributed by atoms with van der Waals surface area (Å²) < 4.78 is 10.6. The van der Waals surface area contributed by atoms with Gasteiger partial charge in [-0.1, -0.05) is 0 Å². The fourth-order valence-electron chi connectivity index (χ4n) is 1.96. The maximum Gasteiger partial charge on any atom is 0.122 e. The van der Waals surface area contributed by atoms with Gasteiger partial charge in [-0.2, -0.15) is 0 Å². The standard InChI is InChI=1S/C14H25N3O2/c1-14(2,17(3)4)13(16-15)10-7-11(18-5)9-12(8-10)19-6/h7-9,13,16H,15H2,1-6H3. The number of likely N-dealkylation sites (N-methyl/N-ethyl adjacent to an activating group) is 1. The molecule has 0 heterocycles. The van der Waals surface area contributed by atoms with Crippen LogP contribution in [0.15, 0.2) is 18.2 Å². The van der Waals surface area contributed by atoms with Crippen LogP contribution in [-0.4, -0.2) is 38.8 Å². The number of nitrogens with one attached hydrogen (secondary N) is 1. The average molecular weight is 267 g/mol. The van der Waals surface area contributed by atoms with Crippen molar-refractivity contribution in [2.45, 2.75) is 25.4 Å². The SMILES string of the molecule is COc1cc(OC)cc(C(NN)C(C)(C)N(C)C)c1. The molecule has 0 aromatic heterocycles. The molecule has 0 aliphatic carbocycles. The van der Waals surface area contributed by atoms with Gasteiger partial charge >= 0.3 is 0 Å². The second-order valence-corrected chi connectivity index (χ2v) is 5.29. The summed E-state index contributed by atoms with van der Waals surface area (Å²) in [5.41, 5.74) is 3.75. The first kappa shape index (κ1) is 15.8. The fourth-order valence-corrected chi connectivity index (χ4v) is 1.96. The van der Waals surface area contributed by atoms with Gasteiger partial charge in [0, 0.05) is 11.6 Å². The summed E-state index contributed by atoms with van der Waals surface area (Å²) >= 11 is 0. The molecule has 0 saturated heterocycles. The van der Waals surface area contributed by atoms with Crippen LogP contribution in [0.5, 0.6) is 11.5 Å². The van der Waals surface area contributed by atoms with E-state index in [1.807, 2.05) is 32.3 Å². The molecule has 0 fully saturated rings. The molecule has 5 nitrogen and oxygen atoms in total. The first-order chi connectivity index (χ1) is 8.86. The number of methoxy groups -OCH3 is 2. The smallest absolute Gasteiger partial charge is 0.122 e. The lowest BCUT2D eigenvalue weighted by Gasteiger charge is -2.40. The van der Waals surface area contributed by atoms with Gasteiger partial charge in [0.1, 0.15) is 11.5 Å². The Hall–Kier alpha value is -1.30. The quantitative estimate of drug-likeness (QED) is 0.605. The third-order valence-corrected chi connectivity index (χ3v) is 3.73. The van der Waals surface area contributed by atoms with E-state index in [4.69, 9.17) is 15.3 Å². The minimum Gasteiger partial charge on any atom is -0.497 e. The Labute approximate surface area is 115 Å². The van der Waals surface area contributed by atoms with E-state index in [9.17, 15) is 0 Å². The second-order valence-electron chi connectivity index (χ2n) is 5.29. The number of rotatable bonds is 6. The minimum atomic E-state index is -0.161. The summed E-state index contributed by atoms with van der Waals surface area (Å²) in [6.45, 7) is 4.26. The molecular weight excluding hydrogens is 242 g/mol. The molecule has 5 heteroatoms. The monoisotopic (exact) mass is 267 g/mol. The molecule has 1 atom stereocenters. The summed E-state index contributed by atoms with van der Waals surface area (Å²) in [5.74, 6) is 7.26. The maximum atomic E-state index is 5.75. The topological polar surface area (TPSA) is 59.8 Å². The fraction of sp³-hybridized carbons (Fsp3) is 0.571. The summed E-state index contributed by atoms with van der Waals surface area (Å²) in [6, 6.07) is 5.74. The Balaban J connectivity index is 3.24. The Morgan fingerprint density at radius 2 is 1.58 bits per heavy atom. The van der Waals surface area contributed by atoms with Gasteiger partial charge < -0.3 is 14.4 Å². The van der Waals surface area contributed by atoms with Crippen molar-refractivity contribution in [2.24, 2.45) is 5.84 Å². The van der Waals surface area contributed by atoms with Crippen molar-refractivity contribution in [3.8, 4) is 11.5 Å². The molecule has 0 aliphatic heterocycles. The van der Waals surface area contributed by atoms with E-state index >= 15 is 0 Å². The molecule has 0 radical (unpaired) electrons. The zero-order valence-corrected chi connectivity index (χ0v) is 12.7. The Kier molecular flexibility index (Phi) is 5.17. The molecule has 0 aliphatic rings. The van der Waals surface area contributed by atoms with E-state index in [2.05, 4.69) is 24.2 Å². The van der Waals surface area contributed by atoms with E-state index in [0.29, 0.717) is 0 Å². The molecule has 0 saturated carbocycles. The minimum absolute atomic E-state index is 0.0495. The van der Waals surface area contributed by atoms with Gasteiger partial charge in [-0.3, -0.25) is 11.3 Å². The van der Waals surface area contributed by atoms with Gasteiger partial charge in [-0.05, 0) is 45.6 Å². The molecule has 3 N–H and O–H groups in total. The molecule has 0 spiro atoms. The number of nitrogens with two attached hydrogens (primary N) is 1. The van der Waals surface area contributed by atoms with E-state index in [1.165, 1.54) is 0 Å². The molecule has 108 valence electrons. The van der Waals surface area contributed by atoms with Gasteiger partial charge in [0.15, 0.2) is 0 Å². The van der Waals surface area contributed by atoms with E-state index < -0.39 is 0 Å². The predicted molar refractivity (Wildman–Crippen MR) is 77.4 cm³/mol. The molecule has 19 heavy (non-hydrogen) atoms. The van der Waals surface area contributed by atoms with Gasteiger partial charge in [0.05, 0.1) is 20.3 Å². The van der Waals surface area contributed by atoms with Crippen LogP contribution in [0.3, 0.4) is 0 Å². The van der Waals surface area contributed by atoms with Crippen LogP contribution in [0.2, 0.25) is 0 Å². The predicted octanol–water partition coefficient (Wildman–Crippen LogP) is 1.55. The first-order valence-corrected chi connectivity index (χ1v) is 6.23. The van der Waals surface area contributed by atoms with E-state index in [0.717, 1.165) is 17.1 Å². The largest absolute Gasteiger partial charge is 0.497 e. The van der Waals surface area contributed by atoms with Crippen LogP contribution in [0, 0.1) is 0 Å². The maximum absolute atomic E-state index is 5.75. The van der Waals surface area contributed by atoms with Gasteiger partial charge in [-0.15, -0.1) is 0 Å². The number of benzene rings is 1. The van der Waals surface area contributed by atoms with Crippen molar-refractivity contribution in [3.63, 3.8) is 0 Å². The lowest BCUT2D eigenvalue weighted by Crippen LogP contribution is -2.51. The lowest BCUT2D eigenvalue weighted by atomic mass is 9.87. The van der Waals surface area contributed by atoms with Crippen LogP contribution in [0.4, 0.5) is 0 Å². The van der Waals surface area contributed by atoms with Crippen molar-refractivity contribution < 1.29 is 9.47 Å². The number of nitrogens with zero attached hydrogens (tertiary/aromatic N) is 1. The first-order valence-electron chi connectivity index (χ1n) is 6.23. The van der Waals surface area contributed by atoms with Gasteiger partial charge in [0.2, 0.25) is 0 Å². The lowest BCUT2D eigenvalue weighted by molar-refractivity contribution is 0.138. The zero-order chi connectivity index (χ0) is 14.6. The van der Waals surface area contributed by atoms with Crippen molar-refractivity contribution in [3.05, 3.63) is 23.8 Å². The molecule has 1 unspecified atom stereocenters. The van der Waals surface area contributed by atoms with Crippen molar-refractivity contribution in [1.29, 1.82) is 0 Å². The molecule has 1 aromatic carbocycles. The number of hydrogen-bond donors (Lipinski definition) is 2. The van der Waals surface area contributed by atoms with Crippen LogP contribution in [0.25, 0.3) is 0 Å². The van der Waals surface area contributed by atoms with Crippen molar-refractivity contribution in [1.82, 2.24) is 10.3 Å². The summed E-state index contributed by atoms with van der Waals surface area (Å²) in [6.07, 6.45) is 0. The molecule has 0 amide bonds. The zero-order valence-electron chi connectivity index (χ0n) is 12.7. The average Bonchev–Trinajstić information content (AvgIpc) is 2.38. The van der Waals surface area contributed by atoms with Crippen molar-refractivity contribution >= 4 is 0 Å². The van der Waals surface area contributed by atoms with E-state index in [1.54, 1.807) is 14.2 Å². The number of ether oxygens (including phenoxy) is 2. The molecule has 1 aromatic rings. The van der Waals surface area contributed by atoms with Crippen LogP contribution in [0.1, 0.15) is 25.5 Å². The van der Waals surface area contributed by atoms with Gasteiger partial charge in [-0.25, -0.2) is 0 Å². The highest BCUT2D eigenvalue weighted by Gasteiger charge is 2.32. The normalized spacial score (nSPS) is 13.5. The Morgan fingerprint density at radius 3 is 1.89 bits per heavy atom. The highest BCUT2D eigenvalue weighted by molar-refractivity contribution is 5.40. The van der Waals surface area contributed by atoms with E-state index in [-0.39, 0.29) is 11.6 Å². The van der Waals surface area contributed by atoms with Gasteiger partial charge in [0.25, 0.3) is 0 Å². The molecule has 1 rings (SSSR count). The van der Waals surface area contributed by atoms with Crippen LogP contribution < -0.4 is 20.7 Å². The summed E-state index contributed by atoms with van der Waals surface area (Å²) in [7, 11) is 7.34. The number of hydrogen-bond acceptors (Lipinski definition) is 5. The Morgan fingerprint density at radius 1 is 1.11 bits per heavy atom. The molecular formula is C14H25N3O2. The highest BCUT2D eigenvalue weighted by Crippen LogP contribution is 2.33. The summed E-state index contributed by atoms with van der Waals surface area (Å²) in [4.78, 5) is 2.13. The third kappa shape index (κ3) is 3.37. The highest BCUT2D eigenvalue weighted by atomic mass is 16.5. The summed E-state index contributed by atoms with van der Waals surface area (Å²) in [5, 5.41) is 0. The van der Waals surface area contributed by atoms with Crippen molar-refractivity contribution in [2.75, 3.05) is 28.3 Å². The second kappa shape index (κ2) is 6.23. The Bertz CT molecular complexity index is 397. The third-order valence-electron chi connectivity index (χ3n) is 3.73.